The van der Waals surface area contributed by atoms with Crippen molar-refractivity contribution < 1.29 is 27.1 Å². The van der Waals surface area contributed by atoms with E-state index in [1.165, 1.54) is 0 Å². The van der Waals surface area contributed by atoms with Gasteiger partial charge in [-0.05, 0) is 0 Å². The molecular weight excluding hydrogens is 629 g/mol. The van der Waals surface area contributed by atoms with Crippen molar-refractivity contribution >= 4 is 25.3 Å². The molecule has 0 aliphatic carbocycles. The van der Waals surface area contributed by atoms with Crippen LogP contribution >= 0.6 is 0 Å². The van der Waals surface area contributed by atoms with E-state index in [2.05, 4.69) is 25.3 Å². The quantitative estimate of drug-likeness (QED) is 0.0948. The van der Waals surface area contributed by atoms with Crippen molar-refractivity contribution in [2.45, 2.75) is 24.2 Å². The molecule has 13 heteroatoms. The molecule has 0 spiro atoms. The molecule has 4 aromatic carbocycles. The van der Waals surface area contributed by atoms with Crippen LogP contribution in [0.2, 0.25) is 0 Å². The standard InChI is InChI=1S/2C14H14N2.2CHNS.Co.HNO3/c2*15-13(11-7-3-1-4-8-11)14(16)12-9-5-2-6-10-12;2*2-1-3;;2-1(3)4/h2*1-10,13-16H;2*3H;;(H,2,3,4)/q2*-2;;;+3;/p+2. The minimum atomic E-state index is -1.50. The Balaban J connectivity index is 0. The van der Waals surface area contributed by atoms with Gasteiger partial charge in [-0.25, -0.2) is 0 Å². The molecule has 4 rings (SSSR count). The van der Waals surface area contributed by atoms with Gasteiger partial charge in [-0.1, -0.05) is 144 Å². The SMILES string of the molecule is N#C[SH2+].N#C[SH2+].O=[N+]([O-])O.[Co+3].[NH-]C(c1ccccc1)C([NH-])c1ccccc1.[NH-]C(c1ccccc1)C([NH-])c1ccccc1. The summed E-state index contributed by atoms with van der Waals surface area (Å²) in [5.74, 6) is 0. The van der Waals surface area contributed by atoms with Crippen molar-refractivity contribution in [3.8, 4) is 10.8 Å². The molecule has 10 nitrogen and oxygen atoms in total. The zero-order valence-corrected chi connectivity index (χ0v) is 25.8. The van der Waals surface area contributed by atoms with E-state index < -0.39 is 29.3 Å². The van der Waals surface area contributed by atoms with Crippen LogP contribution in [0, 0.1) is 31.4 Å². The fourth-order valence-corrected chi connectivity index (χ4v) is 3.41. The first kappa shape index (κ1) is 41.2. The molecule has 0 aliphatic heterocycles. The van der Waals surface area contributed by atoms with E-state index in [1.807, 2.05) is 121 Å². The molecule has 0 aliphatic rings. The van der Waals surface area contributed by atoms with Gasteiger partial charge in [-0.2, -0.15) is 0 Å². The number of thiocyanates is 2. The number of rotatable bonds is 6. The smallest absolute Gasteiger partial charge is 0.672 e. The molecule has 4 aromatic rings. The number of hydrogen-bond donors (Lipinski definition) is 1. The minimum absolute atomic E-state index is 0. The van der Waals surface area contributed by atoms with Crippen LogP contribution in [0.1, 0.15) is 46.4 Å². The van der Waals surface area contributed by atoms with E-state index in [-0.39, 0.29) is 16.8 Å². The summed E-state index contributed by atoms with van der Waals surface area (Å²) in [7, 11) is 0. The average molecular weight is 663 g/mol. The number of benzene rings is 4. The summed E-state index contributed by atoms with van der Waals surface area (Å²) < 4.78 is 0. The van der Waals surface area contributed by atoms with Gasteiger partial charge in [0.15, 0.2) is 0 Å². The van der Waals surface area contributed by atoms with Gasteiger partial charge in [-0.15, -0.1) is 44.8 Å². The molecule has 4 unspecified atom stereocenters. The van der Waals surface area contributed by atoms with Gasteiger partial charge in [0.1, 0.15) is 0 Å². The Morgan fingerprint density at radius 1 is 0.558 bits per heavy atom. The maximum absolute atomic E-state index is 8.36. The molecule has 226 valence electrons. The Bertz CT molecular complexity index is 1140. The summed E-state index contributed by atoms with van der Waals surface area (Å²) in [6.45, 7) is 0. The molecule has 0 fully saturated rings. The van der Waals surface area contributed by atoms with Crippen molar-refractivity contribution in [3.05, 3.63) is 177 Å². The molecule has 4 atom stereocenters. The summed E-state index contributed by atoms with van der Waals surface area (Å²) in [4.78, 5) is 8.36. The van der Waals surface area contributed by atoms with Gasteiger partial charge in [-0.3, -0.25) is 0 Å². The third-order valence-corrected chi connectivity index (χ3v) is 5.30. The summed E-state index contributed by atoms with van der Waals surface area (Å²) in [5, 5.41) is 31.2. The van der Waals surface area contributed by atoms with Gasteiger partial charge in [0.25, 0.3) is 5.09 Å². The summed E-state index contributed by atoms with van der Waals surface area (Å²) in [5.41, 5.74) is 35.9. The van der Waals surface area contributed by atoms with E-state index >= 15 is 0 Å². The molecule has 0 bridgehead atoms. The maximum Gasteiger partial charge on any atom is 3.00 e. The Morgan fingerprint density at radius 2 is 0.674 bits per heavy atom. The number of nitriles is 2. The van der Waals surface area contributed by atoms with Gasteiger partial charge in [0.2, 0.25) is 0 Å². The Morgan fingerprint density at radius 3 is 0.791 bits per heavy atom. The normalized spacial score (nSPS) is 11.6. The predicted octanol–water partition coefficient (Wildman–Crippen LogP) is 7.75. The van der Waals surface area contributed by atoms with Crippen LogP contribution in [0.15, 0.2) is 121 Å². The first-order valence-electron chi connectivity index (χ1n) is 12.1. The van der Waals surface area contributed by atoms with Crippen LogP contribution in [0.5, 0.6) is 0 Å². The average Bonchev–Trinajstić information content (AvgIpc) is 3.02. The second-order valence-corrected chi connectivity index (χ2v) is 8.46. The van der Waals surface area contributed by atoms with E-state index in [1.54, 1.807) is 10.8 Å². The first-order chi connectivity index (χ1) is 20.1. The molecule has 43 heavy (non-hydrogen) atoms. The Hall–Kier alpha value is -3.89. The number of hydrogen-bond acceptors (Lipinski definition) is 4. The van der Waals surface area contributed by atoms with E-state index in [9.17, 15) is 0 Å². The fraction of sp³-hybridized carbons (Fsp3) is 0.133. The van der Waals surface area contributed by atoms with Gasteiger partial charge in [0, 0.05) is 0 Å². The second kappa shape index (κ2) is 25.8. The largest absolute Gasteiger partial charge is 3.00 e. The summed E-state index contributed by atoms with van der Waals surface area (Å²) in [6.07, 6.45) is 0. The molecule has 0 radical (unpaired) electrons. The van der Waals surface area contributed by atoms with Crippen molar-refractivity contribution in [2.24, 2.45) is 0 Å². The predicted molar refractivity (Wildman–Crippen MR) is 174 cm³/mol. The topological polar surface area (TPSA) is 206 Å². The van der Waals surface area contributed by atoms with Gasteiger partial charge in [0.05, 0.1) is 25.3 Å². The molecule has 0 saturated heterocycles. The molecule has 0 amide bonds. The third kappa shape index (κ3) is 18.3. The van der Waals surface area contributed by atoms with Crippen molar-refractivity contribution in [2.75, 3.05) is 0 Å². The Kier molecular flexibility index (Phi) is 24.7. The summed E-state index contributed by atoms with van der Waals surface area (Å²) in [6, 6.07) is 36.1. The van der Waals surface area contributed by atoms with Crippen LogP contribution in [0.4, 0.5) is 0 Å². The van der Waals surface area contributed by atoms with E-state index in [4.69, 9.17) is 48.8 Å². The zero-order chi connectivity index (χ0) is 31.8. The van der Waals surface area contributed by atoms with Crippen LogP contribution in [-0.2, 0) is 42.0 Å². The molecule has 0 aromatic heterocycles. The third-order valence-electron chi connectivity index (χ3n) is 5.30. The number of nitrogens with zero attached hydrogens (tertiary/aromatic N) is 3. The van der Waals surface area contributed by atoms with Gasteiger partial charge < -0.3 is 28.1 Å². The van der Waals surface area contributed by atoms with Gasteiger partial charge >= 0.3 is 27.6 Å². The monoisotopic (exact) mass is 662 g/mol. The second-order valence-electron chi connectivity index (χ2n) is 8.01. The fourth-order valence-electron chi connectivity index (χ4n) is 3.41. The van der Waals surface area contributed by atoms with Crippen molar-refractivity contribution in [1.82, 2.24) is 0 Å². The van der Waals surface area contributed by atoms with Crippen LogP contribution in [0.3, 0.4) is 0 Å². The molecular formula is C30H33CoN7O3S2+. The molecule has 5 N–H and O–H groups in total. The van der Waals surface area contributed by atoms with Crippen LogP contribution < -0.4 is 0 Å². The first-order valence-corrected chi connectivity index (χ1v) is 13.1. The van der Waals surface area contributed by atoms with Crippen molar-refractivity contribution in [1.29, 1.82) is 10.5 Å². The van der Waals surface area contributed by atoms with Crippen LogP contribution in [-0.4, -0.2) is 10.3 Å². The minimum Gasteiger partial charge on any atom is -0.672 e. The molecule has 0 saturated carbocycles. The van der Waals surface area contributed by atoms with Crippen LogP contribution in [0.25, 0.3) is 22.9 Å². The van der Waals surface area contributed by atoms with E-state index in [0.29, 0.717) is 0 Å². The number of nitrogens with one attached hydrogen (secondary N) is 4. The Labute approximate surface area is 273 Å². The van der Waals surface area contributed by atoms with Crippen molar-refractivity contribution in [3.63, 3.8) is 0 Å². The maximum atomic E-state index is 8.36. The summed E-state index contributed by atoms with van der Waals surface area (Å²) >= 11 is 4.98. The zero-order valence-electron chi connectivity index (χ0n) is 22.8. The van der Waals surface area contributed by atoms with E-state index in [0.717, 1.165) is 22.3 Å². The molecule has 0 heterocycles.